The average Bonchev–Trinajstić information content (AvgIpc) is 3.16. The Kier molecular flexibility index (Phi) is 3.93. The molecule has 0 aliphatic heterocycles. The molecule has 3 aliphatic carbocycles. The normalized spacial score (nSPS) is 35.8. The number of carbonyl (C=O) groups is 1. The molecular formula is C25H28O2. The van der Waals surface area contributed by atoms with Crippen LogP contribution in [0.5, 0.6) is 0 Å². The van der Waals surface area contributed by atoms with Gasteiger partial charge in [-0.15, -0.1) is 0 Å². The van der Waals surface area contributed by atoms with E-state index in [1.165, 1.54) is 30.4 Å². The van der Waals surface area contributed by atoms with E-state index in [4.69, 9.17) is 4.74 Å². The number of hydrogen-bond donors (Lipinski definition) is 0. The van der Waals surface area contributed by atoms with Crippen molar-refractivity contribution >= 4 is 5.97 Å². The lowest BCUT2D eigenvalue weighted by atomic mass is 9.74. The molecule has 5 atom stereocenters. The van der Waals surface area contributed by atoms with E-state index in [9.17, 15) is 4.79 Å². The van der Waals surface area contributed by atoms with Crippen molar-refractivity contribution in [2.45, 2.75) is 51.0 Å². The second kappa shape index (κ2) is 6.22. The highest BCUT2D eigenvalue weighted by molar-refractivity contribution is 5.80. The molecule has 0 N–H and O–H groups in total. The maximum Gasteiger partial charge on any atom is 0.310 e. The molecule has 0 saturated heterocycles. The molecule has 3 aliphatic rings. The molecule has 2 bridgehead atoms. The zero-order valence-corrected chi connectivity index (χ0v) is 16.2. The van der Waals surface area contributed by atoms with E-state index >= 15 is 0 Å². The summed E-state index contributed by atoms with van der Waals surface area (Å²) in [5.41, 5.74) is 2.62. The topological polar surface area (TPSA) is 26.3 Å². The molecule has 3 fully saturated rings. The fraction of sp³-hybridized carbons (Fsp3) is 0.480. The molecule has 2 aromatic rings. The van der Waals surface area contributed by atoms with Crippen LogP contribution in [-0.4, -0.2) is 12.1 Å². The van der Waals surface area contributed by atoms with E-state index in [0.29, 0.717) is 11.8 Å². The predicted octanol–water partition coefficient (Wildman–Crippen LogP) is 5.55. The molecule has 2 nitrogen and oxygen atoms in total. The van der Waals surface area contributed by atoms with E-state index in [2.05, 4.69) is 62.4 Å². The largest absolute Gasteiger partial charge is 0.461 e. The summed E-state index contributed by atoms with van der Waals surface area (Å²) in [7, 11) is 0. The Morgan fingerprint density at radius 2 is 1.44 bits per heavy atom. The van der Waals surface area contributed by atoms with E-state index in [1.807, 2.05) is 12.1 Å². The smallest absolute Gasteiger partial charge is 0.310 e. The molecule has 5 rings (SSSR count). The lowest BCUT2D eigenvalue weighted by Gasteiger charge is -2.37. The molecule has 0 amide bonds. The first-order chi connectivity index (χ1) is 13.1. The lowest BCUT2D eigenvalue weighted by molar-refractivity contribution is -0.161. The second-order valence-electron chi connectivity index (χ2n) is 9.35. The average molecular weight is 360 g/mol. The van der Waals surface area contributed by atoms with Crippen molar-refractivity contribution in [3.05, 3.63) is 71.8 Å². The SMILES string of the molecule is CC1(C)[C@H]2CC[C@H](C2)[C@H]1OC(=O)C1[C@H](c2ccccc2)[C@H]1c1ccccc1. The van der Waals surface area contributed by atoms with Crippen molar-refractivity contribution in [3.8, 4) is 0 Å². The Labute approximate surface area is 161 Å². The zero-order chi connectivity index (χ0) is 18.6. The maximum atomic E-state index is 13.3. The monoisotopic (exact) mass is 360 g/mol. The molecule has 0 aromatic heterocycles. The molecule has 140 valence electrons. The first kappa shape index (κ1) is 17.0. The maximum absolute atomic E-state index is 13.3. The third-order valence-electron chi connectivity index (χ3n) is 7.59. The molecule has 0 unspecified atom stereocenters. The van der Waals surface area contributed by atoms with Crippen LogP contribution in [0.2, 0.25) is 0 Å². The highest BCUT2D eigenvalue weighted by Gasteiger charge is 2.60. The van der Waals surface area contributed by atoms with Crippen molar-refractivity contribution in [2.75, 3.05) is 0 Å². The Balaban J connectivity index is 1.40. The molecular weight excluding hydrogens is 332 g/mol. The summed E-state index contributed by atoms with van der Waals surface area (Å²) in [6.45, 7) is 4.59. The van der Waals surface area contributed by atoms with Crippen LogP contribution in [0.25, 0.3) is 0 Å². The second-order valence-corrected chi connectivity index (χ2v) is 9.35. The van der Waals surface area contributed by atoms with E-state index in [-0.39, 0.29) is 35.2 Å². The minimum atomic E-state index is -0.0512. The highest BCUT2D eigenvalue weighted by Crippen LogP contribution is 2.62. The van der Waals surface area contributed by atoms with Crippen molar-refractivity contribution in [1.29, 1.82) is 0 Å². The van der Waals surface area contributed by atoms with E-state index in [1.54, 1.807) is 0 Å². The predicted molar refractivity (Wildman–Crippen MR) is 106 cm³/mol. The molecule has 0 radical (unpaired) electrons. The fourth-order valence-electron chi connectivity index (χ4n) is 6.04. The van der Waals surface area contributed by atoms with Crippen LogP contribution in [0.4, 0.5) is 0 Å². The van der Waals surface area contributed by atoms with Crippen LogP contribution < -0.4 is 0 Å². The van der Waals surface area contributed by atoms with Gasteiger partial charge in [0.25, 0.3) is 0 Å². The molecule has 0 heterocycles. The van der Waals surface area contributed by atoms with Crippen LogP contribution in [0.15, 0.2) is 60.7 Å². The van der Waals surface area contributed by atoms with Gasteiger partial charge in [0.15, 0.2) is 0 Å². The van der Waals surface area contributed by atoms with Gasteiger partial charge in [0.05, 0.1) is 5.92 Å². The standard InChI is InChI=1S/C25H28O2/c1-25(2)19-14-13-18(15-19)23(25)27-24(26)22-20(16-9-5-3-6-10-16)21(22)17-11-7-4-8-12-17/h3-12,18-23H,13-15H2,1-2H3/t18-,19+,20-,21-,23-/m1/s1. The summed E-state index contributed by atoms with van der Waals surface area (Å²) in [5.74, 6) is 1.73. The summed E-state index contributed by atoms with van der Waals surface area (Å²) in [5, 5.41) is 0. The van der Waals surface area contributed by atoms with Crippen molar-refractivity contribution in [1.82, 2.24) is 0 Å². The minimum absolute atomic E-state index is 0.0170. The number of ether oxygens (including phenoxy) is 1. The first-order valence-electron chi connectivity index (χ1n) is 10.4. The summed E-state index contributed by atoms with van der Waals surface area (Å²) < 4.78 is 6.25. The Morgan fingerprint density at radius 1 is 0.889 bits per heavy atom. The quantitative estimate of drug-likeness (QED) is 0.668. The summed E-state index contributed by atoms with van der Waals surface area (Å²) in [6.07, 6.45) is 3.85. The Bertz CT molecular complexity index is 780. The van der Waals surface area contributed by atoms with E-state index in [0.717, 1.165) is 0 Å². The number of benzene rings is 2. The van der Waals surface area contributed by atoms with Gasteiger partial charge in [-0.1, -0.05) is 74.5 Å². The van der Waals surface area contributed by atoms with Crippen molar-refractivity contribution in [2.24, 2.45) is 23.2 Å². The molecule has 3 saturated carbocycles. The molecule has 0 spiro atoms. The van der Waals surface area contributed by atoms with Gasteiger partial charge in [0, 0.05) is 17.3 Å². The minimum Gasteiger partial charge on any atom is -0.461 e. The molecule has 27 heavy (non-hydrogen) atoms. The van der Waals surface area contributed by atoms with Gasteiger partial charge >= 0.3 is 5.97 Å². The van der Waals surface area contributed by atoms with Gasteiger partial charge in [-0.05, 0) is 42.2 Å². The van der Waals surface area contributed by atoms with Crippen LogP contribution >= 0.6 is 0 Å². The van der Waals surface area contributed by atoms with Gasteiger partial charge < -0.3 is 4.74 Å². The third-order valence-corrected chi connectivity index (χ3v) is 7.59. The summed E-state index contributed by atoms with van der Waals surface area (Å²) >= 11 is 0. The third kappa shape index (κ3) is 2.72. The number of esters is 1. The van der Waals surface area contributed by atoms with Crippen LogP contribution in [-0.2, 0) is 9.53 Å². The number of rotatable bonds is 4. The first-order valence-corrected chi connectivity index (χ1v) is 10.4. The van der Waals surface area contributed by atoms with Crippen molar-refractivity contribution < 1.29 is 9.53 Å². The number of hydrogen-bond acceptors (Lipinski definition) is 2. The van der Waals surface area contributed by atoms with E-state index < -0.39 is 0 Å². The molecule has 2 heteroatoms. The van der Waals surface area contributed by atoms with Crippen LogP contribution in [0, 0.1) is 23.2 Å². The lowest BCUT2D eigenvalue weighted by Crippen LogP contribution is -2.39. The van der Waals surface area contributed by atoms with Crippen molar-refractivity contribution in [3.63, 3.8) is 0 Å². The summed E-state index contributed by atoms with van der Waals surface area (Å²) in [4.78, 5) is 13.3. The van der Waals surface area contributed by atoms with Gasteiger partial charge in [0.1, 0.15) is 6.10 Å². The highest BCUT2D eigenvalue weighted by atomic mass is 16.5. The molecule has 2 aromatic carbocycles. The van der Waals surface area contributed by atoms with Gasteiger partial charge in [-0.25, -0.2) is 0 Å². The van der Waals surface area contributed by atoms with Gasteiger partial charge in [0.2, 0.25) is 0 Å². The fourth-order valence-corrected chi connectivity index (χ4v) is 6.04. The van der Waals surface area contributed by atoms with Gasteiger partial charge in [-0.3, -0.25) is 4.79 Å². The Morgan fingerprint density at radius 3 is 1.93 bits per heavy atom. The zero-order valence-electron chi connectivity index (χ0n) is 16.2. The summed E-state index contributed by atoms with van der Waals surface area (Å²) in [6, 6.07) is 20.9. The Hall–Kier alpha value is -2.09. The van der Waals surface area contributed by atoms with Crippen LogP contribution in [0.3, 0.4) is 0 Å². The van der Waals surface area contributed by atoms with Gasteiger partial charge in [-0.2, -0.15) is 0 Å². The number of carbonyl (C=O) groups excluding carboxylic acids is 1. The van der Waals surface area contributed by atoms with Crippen LogP contribution in [0.1, 0.15) is 56.1 Å². The number of fused-ring (bicyclic) bond motifs is 2.